The number of nitrogens with one attached hydrogen (secondary N) is 1. The summed E-state index contributed by atoms with van der Waals surface area (Å²) in [4.78, 5) is 2.62. The minimum atomic E-state index is 0.455. The van der Waals surface area contributed by atoms with Crippen LogP contribution in [-0.4, -0.2) is 31.1 Å². The largest absolute Gasteiger partial charge is 0.310 e. The lowest BCUT2D eigenvalue weighted by molar-refractivity contribution is 0.225. The molecule has 0 radical (unpaired) electrons. The van der Waals surface area contributed by atoms with E-state index < -0.39 is 0 Å². The van der Waals surface area contributed by atoms with Crippen molar-refractivity contribution in [3.8, 4) is 0 Å². The smallest absolute Gasteiger partial charge is 0.0294 e. The van der Waals surface area contributed by atoms with Gasteiger partial charge in [-0.15, -0.1) is 0 Å². The second kappa shape index (κ2) is 7.80. The van der Waals surface area contributed by atoms with Crippen LogP contribution in [0.5, 0.6) is 0 Å². The fourth-order valence-corrected chi connectivity index (χ4v) is 3.14. The Kier molecular flexibility index (Phi) is 6.06. The molecular weight excluding hydrogens is 244 g/mol. The average Bonchev–Trinajstić information content (AvgIpc) is 2.47. The molecule has 1 aliphatic rings. The van der Waals surface area contributed by atoms with Crippen molar-refractivity contribution in [3.63, 3.8) is 0 Å². The molecule has 1 atom stereocenters. The molecule has 0 amide bonds. The summed E-state index contributed by atoms with van der Waals surface area (Å²) in [5, 5.41) is 3.68. The fraction of sp³-hybridized carbons (Fsp3) is 0.667. The Labute approximate surface area is 124 Å². The molecule has 112 valence electrons. The number of rotatable bonds is 6. The van der Waals surface area contributed by atoms with Crippen LogP contribution in [0.2, 0.25) is 0 Å². The van der Waals surface area contributed by atoms with Crippen molar-refractivity contribution in [1.29, 1.82) is 0 Å². The molecule has 0 saturated carbocycles. The Morgan fingerprint density at radius 3 is 2.65 bits per heavy atom. The Bertz CT molecular complexity index is 408. The SMILES string of the molecule is Cc1ccc(C)c(C(C)NCCCN2CCCCC2)c1. The topological polar surface area (TPSA) is 15.3 Å². The molecule has 1 aliphatic heterocycles. The number of benzene rings is 1. The zero-order valence-corrected chi connectivity index (χ0v) is 13.4. The van der Waals surface area contributed by atoms with E-state index in [1.807, 2.05) is 0 Å². The van der Waals surface area contributed by atoms with Crippen LogP contribution < -0.4 is 5.32 Å². The zero-order chi connectivity index (χ0) is 14.4. The molecule has 1 N–H and O–H groups in total. The van der Waals surface area contributed by atoms with E-state index in [2.05, 4.69) is 49.2 Å². The van der Waals surface area contributed by atoms with Gasteiger partial charge in [-0.3, -0.25) is 0 Å². The molecule has 0 bridgehead atoms. The summed E-state index contributed by atoms with van der Waals surface area (Å²) in [6.07, 6.45) is 5.48. The molecule has 0 spiro atoms. The molecule has 1 saturated heterocycles. The molecule has 1 aromatic rings. The first-order valence-corrected chi connectivity index (χ1v) is 8.19. The fourth-order valence-electron chi connectivity index (χ4n) is 3.14. The minimum absolute atomic E-state index is 0.455. The first-order chi connectivity index (χ1) is 9.66. The van der Waals surface area contributed by atoms with Gasteiger partial charge in [0.05, 0.1) is 0 Å². The molecule has 0 aliphatic carbocycles. The van der Waals surface area contributed by atoms with Crippen LogP contribution in [0.3, 0.4) is 0 Å². The van der Waals surface area contributed by atoms with Crippen molar-refractivity contribution in [3.05, 3.63) is 34.9 Å². The maximum absolute atomic E-state index is 3.68. The quantitative estimate of drug-likeness (QED) is 0.793. The van der Waals surface area contributed by atoms with Crippen molar-refractivity contribution in [2.24, 2.45) is 0 Å². The Balaban J connectivity index is 1.71. The molecule has 1 unspecified atom stereocenters. The van der Waals surface area contributed by atoms with Crippen molar-refractivity contribution < 1.29 is 0 Å². The van der Waals surface area contributed by atoms with Gasteiger partial charge in [0.2, 0.25) is 0 Å². The molecular formula is C18H30N2. The van der Waals surface area contributed by atoms with E-state index in [1.165, 1.54) is 62.0 Å². The lowest BCUT2D eigenvalue weighted by atomic mass is 10.00. The number of piperidine rings is 1. The Morgan fingerprint density at radius 2 is 1.90 bits per heavy atom. The number of nitrogens with zero attached hydrogens (tertiary/aromatic N) is 1. The molecule has 1 aromatic carbocycles. The van der Waals surface area contributed by atoms with Crippen LogP contribution in [0.25, 0.3) is 0 Å². The maximum atomic E-state index is 3.68. The number of hydrogen-bond donors (Lipinski definition) is 1. The molecule has 0 aromatic heterocycles. The third kappa shape index (κ3) is 4.60. The lowest BCUT2D eigenvalue weighted by Crippen LogP contribution is -2.32. The van der Waals surface area contributed by atoms with Gasteiger partial charge in [-0.2, -0.15) is 0 Å². The Hall–Kier alpha value is -0.860. The van der Waals surface area contributed by atoms with Gasteiger partial charge in [0, 0.05) is 6.04 Å². The van der Waals surface area contributed by atoms with E-state index in [0.29, 0.717) is 6.04 Å². The van der Waals surface area contributed by atoms with E-state index in [9.17, 15) is 0 Å². The highest BCUT2D eigenvalue weighted by atomic mass is 15.1. The van der Waals surface area contributed by atoms with Crippen molar-refractivity contribution in [2.45, 2.75) is 52.5 Å². The van der Waals surface area contributed by atoms with Crippen molar-refractivity contribution >= 4 is 0 Å². The van der Waals surface area contributed by atoms with Gasteiger partial charge in [0.25, 0.3) is 0 Å². The van der Waals surface area contributed by atoms with E-state index in [4.69, 9.17) is 0 Å². The second-order valence-electron chi connectivity index (χ2n) is 6.29. The van der Waals surface area contributed by atoms with E-state index in [0.717, 1.165) is 6.54 Å². The van der Waals surface area contributed by atoms with Crippen molar-refractivity contribution in [1.82, 2.24) is 10.2 Å². The highest BCUT2D eigenvalue weighted by Gasteiger charge is 2.10. The predicted molar refractivity (Wildman–Crippen MR) is 87.2 cm³/mol. The molecule has 1 fully saturated rings. The van der Waals surface area contributed by atoms with Crippen molar-refractivity contribution in [2.75, 3.05) is 26.2 Å². The third-order valence-corrected chi connectivity index (χ3v) is 4.45. The van der Waals surface area contributed by atoms with E-state index >= 15 is 0 Å². The molecule has 2 nitrogen and oxygen atoms in total. The first kappa shape index (κ1) is 15.5. The number of aryl methyl sites for hydroxylation is 2. The zero-order valence-electron chi connectivity index (χ0n) is 13.4. The Morgan fingerprint density at radius 1 is 1.15 bits per heavy atom. The second-order valence-corrected chi connectivity index (χ2v) is 6.29. The standard InChI is InChI=1S/C18H30N2/c1-15-8-9-16(2)18(14-15)17(3)19-10-7-13-20-11-5-4-6-12-20/h8-9,14,17,19H,4-7,10-13H2,1-3H3. The minimum Gasteiger partial charge on any atom is -0.310 e. The van der Waals surface area contributed by atoms with Gasteiger partial charge < -0.3 is 10.2 Å². The van der Waals surface area contributed by atoms with Gasteiger partial charge in [0.1, 0.15) is 0 Å². The molecule has 20 heavy (non-hydrogen) atoms. The summed E-state index contributed by atoms with van der Waals surface area (Å²) in [5.41, 5.74) is 4.20. The predicted octanol–water partition coefficient (Wildman–Crippen LogP) is 3.83. The summed E-state index contributed by atoms with van der Waals surface area (Å²) >= 11 is 0. The van der Waals surface area contributed by atoms with Crippen LogP contribution in [0.4, 0.5) is 0 Å². The van der Waals surface area contributed by atoms with Crippen LogP contribution >= 0.6 is 0 Å². The highest BCUT2D eigenvalue weighted by molar-refractivity contribution is 5.32. The van der Waals surface area contributed by atoms with Gasteiger partial charge in [0.15, 0.2) is 0 Å². The van der Waals surface area contributed by atoms with Gasteiger partial charge in [-0.25, -0.2) is 0 Å². The van der Waals surface area contributed by atoms with E-state index in [-0.39, 0.29) is 0 Å². The first-order valence-electron chi connectivity index (χ1n) is 8.19. The summed E-state index contributed by atoms with van der Waals surface area (Å²) in [6, 6.07) is 7.20. The van der Waals surface area contributed by atoms with Crippen LogP contribution in [0.1, 0.15) is 55.3 Å². The summed E-state index contributed by atoms with van der Waals surface area (Å²) in [5.74, 6) is 0. The summed E-state index contributed by atoms with van der Waals surface area (Å²) in [7, 11) is 0. The van der Waals surface area contributed by atoms with Gasteiger partial charge in [-0.05, 0) is 77.3 Å². The third-order valence-electron chi connectivity index (χ3n) is 4.45. The monoisotopic (exact) mass is 274 g/mol. The van der Waals surface area contributed by atoms with Crippen LogP contribution in [-0.2, 0) is 0 Å². The molecule has 1 heterocycles. The molecule has 2 rings (SSSR count). The molecule has 2 heteroatoms. The normalized spacial score (nSPS) is 18.1. The maximum Gasteiger partial charge on any atom is 0.0294 e. The number of hydrogen-bond acceptors (Lipinski definition) is 2. The van der Waals surface area contributed by atoms with Gasteiger partial charge in [-0.1, -0.05) is 30.2 Å². The highest BCUT2D eigenvalue weighted by Crippen LogP contribution is 2.18. The lowest BCUT2D eigenvalue weighted by Gasteiger charge is -2.26. The summed E-state index contributed by atoms with van der Waals surface area (Å²) < 4.78 is 0. The van der Waals surface area contributed by atoms with Crippen LogP contribution in [0.15, 0.2) is 18.2 Å². The summed E-state index contributed by atoms with van der Waals surface area (Å²) in [6.45, 7) is 11.7. The average molecular weight is 274 g/mol. The van der Waals surface area contributed by atoms with Gasteiger partial charge >= 0.3 is 0 Å². The van der Waals surface area contributed by atoms with Crippen LogP contribution in [0, 0.1) is 13.8 Å². The number of likely N-dealkylation sites (tertiary alicyclic amines) is 1. The van der Waals surface area contributed by atoms with E-state index in [1.54, 1.807) is 0 Å².